The quantitative estimate of drug-likeness (QED) is 0.618. The lowest BCUT2D eigenvalue weighted by Crippen LogP contribution is -1.87. The standard InChI is InChI=1S/C14H18/c1-4-5-6-7-8-14-10-9-12(2)13(3)11-14/h9-11H,4,7-8H2,1-3H3. The van der Waals surface area contributed by atoms with Crippen LogP contribution in [0.2, 0.25) is 0 Å². The van der Waals surface area contributed by atoms with E-state index in [1.165, 1.54) is 16.7 Å². The van der Waals surface area contributed by atoms with Gasteiger partial charge in [-0.3, -0.25) is 0 Å². The Bertz CT molecular complexity index is 350. The number of benzene rings is 1. The number of rotatable bonds is 2. The third kappa shape index (κ3) is 3.26. The number of aryl methyl sites for hydroxylation is 3. The van der Waals surface area contributed by atoms with Crippen molar-refractivity contribution >= 4 is 0 Å². The molecule has 0 fully saturated rings. The Morgan fingerprint density at radius 2 is 1.86 bits per heavy atom. The Morgan fingerprint density at radius 1 is 1.07 bits per heavy atom. The van der Waals surface area contributed by atoms with Gasteiger partial charge < -0.3 is 0 Å². The molecule has 0 heteroatoms. The zero-order valence-electron chi connectivity index (χ0n) is 9.35. The normalized spacial score (nSPS) is 9.36. The van der Waals surface area contributed by atoms with Gasteiger partial charge in [0.2, 0.25) is 0 Å². The summed E-state index contributed by atoms with van der Waals surface area (Å²) in [7, 11) is 0. The summed E-state index contributed by atoms with van der Waals surface area (Å²) < 4.78 is 0. The average molecular weight is 186 g/mol. The van der Waals surface area contributed by atoms with Crippen LogP contribution in [0.3, 0.4) is 0 Å². The minimum Gasteiger partial charge on any atom is -0.104 e. The van der Waals surface area contributed by atoms with Crippen molar-refractivity contribution in [2.75, 3.05) is 0 Å². The SMILES string of the molecule is CCC#CCCc1ccc(C)c(C)c1. The van der Waals surface area contributed by atoms with E-state index in [0.717, 1.165) is 19.3 Å². The van der Waals surface area contributed by atoms with Gasteiger partial charge >= 0.3 is 0 Å². The Kier molecular flexibility index (Phi) is 4.26. The van der Waals surface area contributed by atoms with Crippen LogP contribution in [0.4, 0.5) is 0 Å². The van der Waals surface area contributed by atoms with Gasteiger partial charge in [0.25, 0.3) is 0 Å². The van der Waals surface area contributed by atoms with E-state index in [9.17, 15) is 0 Å². The molecule has 0 radical (unpaired) electrons. The van der Waals surface area contributed by atoms with E-state index in [4.69, 9.17) is 0 Å². The second-order valence-electron chi connectivity index (χ2n) is 3.63. The van der Waals surface area contributed by atoms with Gasteiger partial charge in [-0.15, -0.1) is 11.8 Å². The predicted molar refractivity (Wildman–Crippen MR) is 62.3 cm³/mol. The Hall–Kier alpha value is -1.22. The van der Waals surface area contributed by atoms with Crippen LogP contribution in [0.15, 0.2) is 18.2 Å². The topological polar surface area (TPSA) is 0 Å². The minimum absolute atomic E-state index is 0.965. The van der Waals surface area contributed by atoms with E-state index in [1.54, 1.807) is 0 Å². The molecule has 0 aliphatic heterocycles. The summed E-state index contributed by atoms with van der Waals surface area (Å²) in [4.78, 5) is 0. The monoisotopic (exact) mass is 186 g/mol. The highest BCUT2D eigenvalue weighted by Gasteiger charge is 1.94. The van der Waals surface area contributed by atoms with Crippen molar-refractivity contribution in [3.8, 4) is 11.8 Å². The van der Waals surface area contributed by atoms with E-state index in [-0.39, 0.29) is 0 Å². The molecule has 0 aromatic heterocycles. The zero-order chi connectivity index (χ0) is 10.4. The number of hydrogen-bond acceptors (Lipinski definition) is 0. The second kappa shape index (κ2) is 5.50. The van der Waals surface area contributed by atoms with E-state index >= 15 is 0 Å². The van der Waals surface area contributed by atoms with Crippen LogP contribution in [0.1, 0.15) is 36.5 Å². The van der Waals surface area contributed by atoms with Crippen molar-refractivity contribution in [2.24, 2.45) is 0 Å². The molecule has 0 N–H and O–H groups in total. The van der Waals surface area contributed by atoms with E-state index in [2.05, 4.69) is 50.8 Å². The fraction of sp³-hybridized carbons (Fsp3) is 0.429. The van der Waals surface area contributed by atoms with Gasteiger partial charge in [0, 0.05) is 12.8 Å². The summed E-state index contributed by atoms with van der Waals surface area (Å²) >= 11 is 0. The van der Waals surface area contributed by atoms with Crippen LogP contribution in [0.5, 0.6) is 0 Å². The van der Waals surface area contributed by atoms with Gasteiger partial charge in [0.05, 0.1) is 0 Å². The van der Waals surface area contributed by atoms with Crippen molar-refractivity contribution in [3.63, 3.8) is 0 Å². The van der Waals surface area contributed by atoms with Crippen molar-refractivity contribution < 1.29 is 0 Å². The Labute approximate surface area is 87.4 Å². The summed E-state index contributed by atoms with van der Waals surface area (Å²) in [6.07, 6.45) is 3.03. The smallest absolute Gasteiger partial charge is 0.0129 e. The first-order chi connectivity index (χ1) is 6.74. The van der Waals surface area contributed by atoms with Gasteiger partial charge in [0.15, 0.2) is 0 Å². The Morgan fingerprint density at radius 3 is 2.50 bits per heavy atom. The van der Waals surface area contributed by atoms with Gasteiger partial charge in [-0.2, -0.15) is 0 Å². The molecule has 0 nitrogen and oxygen atoms in total. The molecule has 0 spiro atoms. The van der Waals surface area contributed by atoms with Crippen LogP contribution < -0.4 is 0 Å². The van der Waals surface area contributed by atoms with Crippen LogP contribution in [-0.4, -0.2) is 0 Å². The maximum Gasteiger partial charge on any atom is 0.0129 e. The highest BCUT2D eigenvalue weighted by molar-refractivity contribution is 5.30. The molecule has 0 atom stereocenters. The maximum atomic E-state index is 3.17. The third-order valence-electron chi connectivity index (χ3n) is 2.41. The lowest BCUT2D eigenvalue weighted by atomic mass is 10.0. The first kappa shape index (κ1) is 10.9. The molecule has 0 aliphatic rings. The van der Waals surface area contributed by atoms with Crippen molar-refractivity contribution in [1.82, 2.24) is 0 Å². The third-order valence-corrected chi connectivity index (χ3v) is 2.41. The fourth-order valence-electron chi connectivity index (χ4n) is 1.38. The van der Waals surface area contributed by atoms with E-state index in [1.807, 2.05) is 0 Å². The number of hydrogen-bond donors (Lipinski definition) is 0. The highest BCUT2D eigenvalue weighted by atomic mass is 14.0. The molecular formula is C14H18. The van der Waals surface area contributed by atoms with Crippen LogP contribution in [0, 0.1) is 25.7 Å². The summed E-state index contributed by atoms with van der Waals surface area (Å²) in [5, 5.41) is 0. The predicted octanol–water partition coefficient (Wildman–Crippen LogP) is 3.65. The molecule has 0 saturated heterocycles. The van der Waals surface area contributed by atoms with Crippen LogP contribution >= 0.6 is 0 Å². The molecule has 1 aromatic carbocycles. The van der Waals surface area contributed by atoms with Gasteiger partial charge in [-0.25, -0.2) is 0 Å². The summed E-state index contributed by atoms with van der Waals surface area (Å²) in [5.74, 6) is 6.26. The molecule has 0 aliphatic carbocycles. The van der Waals surface area contributed by atoms with Gasteiger partial charge in [-0.05, 0) is 37.0 Å². The molecular weight excluding hydrogens is 168 g/mol. The van der Waals surface area contributed by atoms with E-state index in [0.29, 0.717) is 0 Å². The highest BCUT2D eigenvalue weighted by Crippen LogP contribution is 2.10. The molecule has 0 unspecified atom stereocenters. The van der Waals surface area contributed by atoms with Crippen molar-refractivity contribution in [2.45, 2.75) is 40.0 Å². The van der Waals surface area contributed by atoms with Gasteiger partial charge in [-0.1, -0.05) is 25.1 Å². The fourth-order valence-corrected chi connectivity index (χ4v) is 1.38. The largest absolute Gasteiger partial charge is 0.104 e. The molecule has 1 aromatic rings. The first-order valence-electron chi connectivity index (χ1n) is 5.26. The van der Waals surface area contributed by atoms with Crippen molar-refractivity contribution in [1.29, 1.82) is 0 Å². The Balaban J connectivity index is 2.55. The van der Waals surface area contributed by atoms with E-state index < -0.39 is 0 Å². The molecule has 0 amide bonds. The molecule has 74 valence electrons. The molecule has 14 heavy (non-hydrogen) atoms. The molecule has 1 rings (SSSR count). The lowest BCUT2D eigenvalue weighted by molar-refractivity contribution is 1.02. The van der Waals surface area contributed by atoms with Crippen LogP contribution in [-0.2, 0) is 6.42 Å². The summed E-state index contributed by atoms with van der Waals surface area (Å²) in [6.45, 7) is 6.40. The second-order valence-corrected chi connectivity index (χ2v) is 3.63. The maximum absolute atomic E-state index is 3.17. The lowest BCUT2D eigenvalue weighted by Gasteiger charge is -2.02. The van der Waals surface area contributed by atoms with Gasteiger partial charge in [0.1, 0.15) is 0 Å². The molecule has 0 bridgehead atoms. The summed E-state index contributed by atoms with van der Waals surface area (Å²) in [5.41, 5.74) is 4.15. The van der Waals surface area contributed by atoms with Crippen molar-refractivity contribution in [3.05, 3.63) is 34.9 Å². The molecule has 0 heterocycles. The zero-order valence-corrected chi connectivity index (χ0v) is 9.35. The summed E-state index contributed by atoms with van der Waals surface area (Å²) in [6, 6.07) is 6.66. The first-order valence-corrected chi connectivity index (χ1v) is 5.26. The minimum atomic E-state index is 0.965. The molecule has 0 saturated carbocycles. The van der Waals surface area contributed by atoms with Crippen LogP contribution in [0.25, 0.3) is 0 Å². The average Bonchev–Trinajstić information content (AvgIpc) is 2.18.